The number of phenols is 2. The van der Waals surface area contributed by atoms with Crippen molar-refractivity contribution in [1.29, 1.82) is 0 Å². The second-order valence-electron chi connectivity index (χ2n) is 3.41. The molecule has 2 aromatic rings. The van der Waals surface area contributed by atoms with Gasteiger partial charge in [-0.2, -0.15) is 0 Å². The second-order valence-corrected chi connectivity index (χ2v) is 3.41. The summed E-state index contributed by atoms with van der Waals surface area (Å²) in [4.78, 5) is 2.94. The normalized spacial score (nSPS) is 10.1. The summed E-state index contributed by atoms with van der Waals surface area (Å²) < 4.78 is 0. The third-order valence-electron chi connectivity index (χ3n) is 2.21. The molecule has 0 spiro atoms. The maximum Gasteiger partial charge on any atom is 0.167 e. The fraction of sp³-hybridized carbons (Fsp3) is 0. The lowest BCUT2D eigenvalue weighted by Crippen LogP contribution is -3.00. The Morgan fingerprint density at radius 2 is 1.47 bits per heavy atom. The van der Waals surface area contributed by atoms with Crippen molar-refractivity contribution < 1.29 is 32.2 Å². The molecule has 1 aromatic carbocycles. The molecule has 1 heterocycles. The number of aromatic amines is 1. The van der Waals surface area contributed by atoms with Gasteiger partial charge in [0, 0.05) is 12.1 Å². The van der Waals surface area contributed by atoms with Crippen LogP contribution in [0, 0.1) is 0 Å². The third kappa shape index (κ3) is 3.60. The number of hydrogen-bond acceptors (Lipinski definition) is 2. The van der Waals surface area contributed by atoms with Crippen molar-refractivity contribution in [2.45, 2.75) is 0 Å². The van der Waals surface area contributed by atoms with Crippen molar-refractivity contribution >= 4 is 12.2 Å². The standard InChI is InChI=1S/C13H11NO2.BrH/c15-12-4-3-11(9-13(12)16)2-1-10-5-7-14-8-6-10;/h1-9,15-16H;1H/b2-1+;. The zero-order chi connectivity index (χ0) is 11.4. The quantitative estimate of drug-likeness (QED) is 0.704. The zero-order valence-electron chi connectivity index (χ0n) is 8.97. The third-order valence-corrected chi connectivity index (χ3v) is 2.21. The summed E-state index contributed by atoms with van der Waals surface area (Å²) in [6, 6.07) is 8.60. The molecule has 0 bridgehead atoms. The summed E-state index contributed by atoms with van der Waals surface area (Å²) in [5, 5.41) is 18.5. The van der Waals surface area contributed by atoms with E-state index in [0.29, 0.717) is 0 Å². The molecule has 0 aliphatic rings. The van der Waals surface area contributed by atoms with E-state index >= 15 is 0 Å². The summed E-state index contributed by atoms with van der Waals surface area (Å²) >= 11 is 0. The van der Waals surface area contributed by atoms with Crippen LogP contribution in [0.5, 0.6) is 11.5 Å². The monoisotopic (exact) mass is 293 g/mol. The molecule has 88 valence electrons. The van der Waals surface area contributed by atoms with Crippen LogP contribution < -0.4 is 22.0 Å². The molecule has 0 atom stereocenters. The van der Waals surface area contributed by atoms with Crippen molar-refractivity contribution in [2.24, 2.45) is 0 Å². The first-order valence-corrected chi connectivity index (χ1v) is 4.92. The minimum atomic E-state index is -0.108. The molecule has 3 nitrogen and oxygen atoms in total. The smallest absolute Gasteiger partial charge is 0.167 e. The number of H-pyrrole nitrogens is 1. The first-order valence-electron chi connectivity index (χ1n) is 4.92. The first-order chi connectivity index (χ1) is 7.75. The molecular formula is C13H12BrNO2. The highest BCUT2D eigenvalue weighted by atomic mass is 79.9. The fourth-order valence-corrected chi connectivity index (χ4v) is 1.35. The highest BCUT2D eigenvalue weighted by molar-refractivity contribution is 5.70. The number of hydrogen-bond donors (Lipinski definition) is 2. The molecule has 3 N–H and O–H groups in total. The Kier molecular flexibility index (Phi) is 4.72. The lowest BCUT2D eigenvalue weighted by molar-refractivity contribution is -0.378. The van der Waals surface area contributed by atoms with Gasteiger partial charge >= 0.3 is 0 Å². The Labute approximate surface area is 110 Å². The van der Waals surface area contributed by atoms with Crippen LogP contribution in [0.25, 0.3) is 12.2 Å². The van der Waals surface area contributed by atoms with Crippen LogP contribution >= 0.6 is 0 Å². The van der Waals surface area contributed by atoms with Crippen LogP contribution in [0.1, 0.15) is 11.1 Å². The average Bonchev–Trinajstić information content (AvgIpc) is 2.32. The van der Waals surface area contributed by atoms with Gasteiger partial charge in [0.2, 0.25) is 0 Å². The van der Waals surface area contributed by atoms with Crippen LogP contribution in [-0.2, 0) is 0 Å². The van der Waals surface area contributed by atoms with Crippen LogP contribution in [0.2, 0.25) is 0 Å². The van der Waals surface area contributed by atoms with Crippen LogP contribution in [-0.4, -0.2) is 10.2 Å². The summed E-state index contributed by atoms with van der Waals surface area (Å²) in [5.41, 5.74) is 1.90. The van der Waals surface area contributed by atoms with Crippen molar-refractivity contribution in [3.8, 4) is 11.5 Å². The van der Waals surface area contributed by atoms with Gasteiger partial charge in [-0.25, -0.2) is 4.98 Å². The Bertz CT molecular complexity index is 512. The number of aromatic hydroxyl groups is 2. The molecule has 0 unspecified atom stereocenters. The van der Waals surface area contributed by atoms with E-state index in [2.05, 4.69) is 4.98 Å². The molecule has 0 fully saturated rings. The predicted molar refractivity (Wildman–Crippen MR) is 61.7 cm³/mol. The van der Waals surface area contributed by atoms with Gasteiger partial charge in [0.25, 0.3) is 0 Å². The summed E-state index contributed by atoms with van der Waals surface area (Å²) in [6.45, 7) is 0. The number of nitrogens with one attached hydrogen (secondary N) is 1. The van der Waals surface area contributed by atoms with E-state index in [1.54, 1.807) is 6.07 Å². The molecule has 0 saturated heterocycles. The minimum Gasteiger partial charge on any atom is -1.00 e. The van der Waals surface area contributed by atoms with Gasteiger partial charge in [0.1, 0.15) is 0 Å². The summed E-state index contributed by atoms with van der Waals surface area (Å²) in [5.74, 6) is -0.213. The molecule has 0 amide bonds. The van der Waals surface area contributed by atoms with Gasteiger partial charge in [0.05, 0.1) is 0 Å². The predicted octanol–water partition coefficient (Wildman–Crippen LogP) is -0.914. The zero-order valence-corrected chi connectivity index (χ0v) is 10.6. The Morgan fingerprint density at radius 1 is 0.824 bits per heavy atom. The van der Waals surface area contributed by atoms with Gasteiger partial charge in [0.15, 0.2) is 23.9 Å². The second kappa shape index (κ2) is 6.06. The van der Waals surface area contributed by atoms with E-state index in [0.717, 1.165) is 11.1 Å². The molecule has 0 saturated carbocycles. The molecular weight excluding hydrogens is 282 g/mol. The highest BCUT2D eigenvalue weighted by Crippen LogP contribution is 2.25. The Balaban J connectivity index is 0.00000144. The molecule has 0 aliphatic heterocycles. The number of aromatic nitrogens is 1. The minimum absolute atomic E-state index is 0. The lowest BCUT2D eigenvalue weighted by Gasteiger charge is -1.98. The number of phenolic OH excluding ortho intramolecular Hbond substituents is 2. The first kappa shape index (κ1) is 13.3. The van der Waals surface area contributed by atoms with Crippen molar-refractivity contribution in [3.63, 3.8) is 0 Å². The number of benzene rings is 1. The van der Waals surface area contributed by atoms with Crippen LogP contribution in [0.15, 0.2) is 42.7 Å². The molecule has 0 aliphatic carbocycles. The SMILES string of the molecule is Oc1ccc(/C=C/c2cc[nH+]cc2)cc1O.[Br-]. The van der Waals surface area contributed by atoms with Crippen LogP contribution in [0.3, 0.4) is 0 Å². The molecule has 17 heavy (non-hydrogen) atoms. The van der Waals surface area contributed by atoms with Crippen molar-refractivity contribution in [1.82, 2.24) is 0 Å². The van der Waals surface area contributed by atoms with Gasteiger partial charge < -0.3 is 27.2 Å². The van der Waals surface area contributed by atoms with E-state index in [4.69, 9.17) is 5.11 Å². The summed E-state index contributed by atoms with van der Waals surface area (Å²) in [6.07, 6.45) is 7.48. The van der Waals surface area contributed by atoms with Crippen molar-refractivity contribution in [2.75, 3.05) is 0 Å². The average molecular weight is 294 g/mol. The van der Waals surface area contributed by atoms with Gasteiger partial charge in [-0.1, -0.05) is 18.2 Å². The van der Waals surface area contributed by atoms with E-state index in [1.165, 1.54) is 12.1 Å². The van der Waals surface area contributed by atoms with E-state index in [9.17, 15) is 5.11 Å². The van der Waals surface area contributed by atoms with Crippen molar-refractivity contribution in [3.05, 3.63) is 53.9 Å². The Morgan fingerprint density at radius 3 is 2.12 bits per heavy atom. The Hall–Kier alpha value is -1.81. The van der Waals surface area contributed by atoms with E-state index < -0.39 is 0 Å². The highest BCUT2D eigenvalue weighted by Gasteiger charge is 1.97. The molecule has 4 heteroatoms. The fourth-order valence-electron chi connectivity index (χ4n) is 1.35. The largest absolute Gasteiger partial charge is 1.00 e. The van der Waals surface area contributed by atoms with Crippen LogP contribution in [0.4, 0.5) is 0 Å². The maximum atomic E-state index is 9.31. The van der Waals surface area contributed by atoms with Gasteiger partial charge in [-0.15, -0.1) is 0 Å². The molecule has 0 radical (unpaired) electrons. The van der Waals surface area contributed by atoms with E-state index in [1.807, 2.05) is 36.7 Å². The molecule has 1 aromatic heterocycles. The summed E-state index contributed by atoms with van der Waals surface area (Å²) in [7, 11) is 0. The lowest BCUT2D eigenvalue weighted by atomic mass is 10.1. The van der Waals surface area contributed by atoms with Gasteiger partial charge in [-0.05, 0) is 23.3 Å². The maximum absolute atomic E-state index is 9.31. The number of rotatable bonds is 2. The number of halogens is 1. The number of pyridine rings is 1. The molecule has 2 rings (SSSR count). The van der Waals surface area contributed by atoms with Gasteiger partial charge in [-0.3, -0.25) is 0 Å². The van der Waals surface area contributed by atoms with E-state index in [-0.39, 0.29) is 28.5 Å². The topological polar surface area (TPSA) is 54.6 Å².